The van der Waals surface area contributed by atoms with Crippen molar-refractivity contribution in [3.05, 3.63) is 11.3 Å². The van der Waals surface area contributed by atoms with Gasteiger partial charge in [0.2, 0.25) is 0 Å². The highest BCUT2D eigenvalue weighted by atomic mass is 35.5. The van der Waals surface area contributed by atoms with Gasteiger partial charge in [0.05, 0.1) is 0 Å². The van der Waals surface area contributed by atoms with Gasteiger partial charge in [0.25, 0.3) is 0 Å². The number of nitrogens with zero attached hydrogens (tertiary/aromatic N) is 3. The van der Waals surface area contributed by atoms with E-state index >= 15 is 0 Å². The molecule has 0 radical (unpaired) electrons. The lowest BCUT2D eigenvalue weighted by atomic mass is 10.3. The molecule has 5 heteroatoms. The van der Waals surface area contributed by atoms with Gasteiger partial charge >= 0.3 is 0 Å². The van der Waals surface area contributed by atoms with E-state index in [2.05, 4.69) is 14.9 Å². The first-order valence-electron chi connectivity index (χ1n) is 6.25. The Morgan fingerprint density at radius 2 is 1.76 bits per heavy atom. The predicted molar refractivity (Wildman–Crippen MR) is 69.1 cm³/mol. The molecule has 0 unspecified atom stereocenters. The number of halogens is 1. The first-order chi connectivity index (χ1) is 8.24. The zero-order valence-corrected chi connectivity index (χ0v) is 10.5. The maximum Gasteiger partial charge on any atom is 0.153 e. The molecule has 0 aliphatic heterocycles. The topological polar surface area (TPSA) is 55.0 Å². The number of anilines is 2. The smallest absolute Gasteiger partial charge is 0.153 e. The van der Waals surface area contributed by atoms with Crippen molar-refractivity contribution in [3.8, 4) is 0 Å². The van der Waals surface area contributed by atoms with Gasteiger partial charge < -0.3 is 10.6 Å². The monoisotopic (exact) mass is 252 g/mol. The molecule has 0 saturated heterocycles. The Kier molecular flexibility index (Phi) is 2.82. The summed E-state index contributed by atoms with van der Waals surface area (Å²) in [6, 6.07) is 0. The van der Waals surface area contributed by atoms with Crippen LogP contribution in [0.4, 0.5) is 11.6 Å². The number of rotatable bonds is 5. The molecular formula is C12H17ClN4. The van der Waals surface area contributed by atoms with Crippen molar-refractivity contribution in [2.24, 2.45) is 11.8 Å². The lowest BCUT2D eigenvalue weighted by Gasteiger charge is -2.24. The van der Waals surface area contributed by atoms with E-state index in [-0.39, 0.29) is 0 Å². The van der Waals surface area contributed by atoms with E-state index in [0.29, 0.717) is 10.8 Å². The summed E-state index contributed by atoms with van der Waals surface area (Å²) in [6.07, 6.45) is 6.83. The SMILES string of the molecule is Nc1ncnc(N(CC2CC2)CC2CC2)c1Cl. The largest absolute Gasteiger partial charge is 0.382 e. The van der Waals surface area contributed by atoms with Gasteiger partial charge in [-0.1, -0.05) is 11.6 Å². The normalized spacial score (nSPS) is 19.4. The van der Waals surface area contributed by atoms with Crippen LogP contribution in [0.5, 0.6) is 0 Å². The lowest BCUT2D eigenvalue weighted by molar-refractivity contribution is 0.671. The van der Waals surface area contributed by atoms with Gasteiger partial charge in [0, 0.05) is 13.1 Å². The molecule has 3 rings (SSSR count). The summed E-state index contributed by atoms with van der Waals surface area (Å²) in [5, 5.41) is 0.508. The van der Waals surface area contributed by atoms with E-state index < -0.39 is 0 Å². The standard InChI is InChI=1S/C12H17ClN4/c13-10-11(14)15-7-16-12(10)17(5-8-1-2-8)6-9-3-4-9/h7-9H,1-6H2,(H2,14,15,16). The molecule has 17 heavy (non-hydrogen) atoms. The zero-order chi connectivity index (χ0) is 11.8. The van der Waals surface area contributed by atoms with Gasteiger partial charge in [0.15, 0.2) is 5.82 Å². The fraction of sp³-hybridized carbons (Fsp3) is 0.667. The van der Waals surface area contributed by atoms with Crippen LogP contribution < -0.4 is 10.6 Å². The molecule has 4 nitrogen and oxygen atoms in total. The molecular weight excluding hydrogens is 236 g/mol. The van der Waals surface area contributed by atoms with Crippen molar-refractivity contribution >= 4 is 23.2 Å². The summed E-state index contributed by atoms with van der Waals surface area (Å²) < 4.78 is 0. The van der Waals surface area contributed by atoms with E-state index in [1.54, 1.807) is 0 Å². The minimum Gasteiger partial charge on any atom is -0.382 e. The molecule has 0 bridgehead atoms. The molecule has 0 spiro atoms. The fourth-order valence-electron chi connectivity index (χ4n) is 2.07. The van der Waals surface area contributed by atoms with Crippen LogP contribution in [-0.4, -0.2) is 23.1 Å². The molecule has 2 fully saturated rings. The van der Waals surface area contributed by atoms with Crippen LogP contribution >= 0.6 is 11.6 Å². The van der Waals surface area contributed by atoms with Gasteiger partial charge in [-0.05, 0) is 37.5 Å². The zero-order valence-electron chi connectivity index (χ0n) is 9.77. The average Bonchev–Trinajstić information content (AvgIpc) is 3.16. The second kappa shape index (κ2) is 4.33. The van der Waals surface area contributed by atoms with Crippen LogP contribution in [0.15, 0.2) is 6.33 Å². The second-order valence-electron chi connectivity index (χ2n) is 5.19. The Labute approximate surface area is 106 Å². The highest BCUT2D eigenvalue weighted by Crippen LogP contribution is 2.37. The molecule has 0 atom stereocenters. The average molecular weight is 253 g/mol. The molecule has 92 valence electrons. The number of aromatic nitrogens is 2. The molecule has 2 saturated carbocycles. The molecule has 0 amide bonds. The van der Waals surface area contributed by atoms with Crippen LogP contribution in [-0.2, 0) is 0 Å². The van der Waals surface area contributed by atoms with Crippen molar-refractivity contribution in [1.29, 1.82) is 0 Å². The van der Waals surface area contributed by atoms with Crippen molar-refractivity contribution in [1.82, 2.24) is 9.97 Å². The van der Waals surface area contributed by atoms with E-state index in [1.807, 2.05) is 0 Å². The van der Waals surface area contributed by atoms with Gasteiger partial charge in [-0.25, -0.2) is 9.97 Å². The van der Waals surface area contributed by atoms with Crippen molar-refractivity contribution in [2.75, 3.05) is 23.7 Å². The Bertz CT molecular complexity index is 401. The van der Waals surface area contributed by atoms with E-state index in [1.165, 1.54) is 32.0 Å². The van der Waals surface area contributed by atoms with Gasteiger partial charge in [-0.3, -0.25) is 0 Å². The lowest BCUT2D eigenvalue weighted by Crippen LogP contribution is -2.29. The Morgan fingerprint density at radius 3 is 2.29 bits per heavy atom. The summed E-state index contributed by atoms with van der Waals surface area (Å²) >= 11 is 6.20. The molecule has 2 aliphatic rings. The first kappa shape index (κ1) is 11.1. The van der Waals surface area contributed by atoms with Gasteiger partial charge in [-0.2, -0.15) is 0 Å². The molecule has 1 heterocycles. The van der Waals surface area contributed by atoms with Crippen molar-refractivity contribution in [3.63, 3.8) is 0 Å². The van der Waals surface area contributed by atoms with Crippen LogP contribution in [0, 0.1) is 11.8 Å². The second-order valence-corrected chi connectivity index (χ2v) is 5.57. The van der Waals surface area contributed by atoms with Crippen LogP contribution in [0.1, 0.15) is 25.7 Å². The number of nitrogen functional groups attached to an aromatic ring is 1. The Balaban J connectivity index is 1.81. The summed E-state index contributed by atoms with van der Waals surface area (Å²) in [4.78, 5) is 10.5. The third kappa shape index (κ3) is 2.63. The fourth-order valence-corrected chi connectivity index (χ4v) is 2.28. The molecule has 2 N–H and O–H groups in total. The third-order valence-electron chi connectivity index (χ3n) is 3.45. The van der Waals surface area contributed by atoms with Crippen LogP contribution in [0.3, 0.4) is 0 Å². The Hall–Kier alpha value is -1.03. The van der Waals surface area contributed by atoms with E-state index in [0.717, 1.165) is 30.7 Å². The predicted octanol–water partition coefficient (Wildman–Crippen LogP) is 2.34. The number of hydrogen-bond acceptors (Lipinski definition) is 4. The quantitative estimate of drug-likeness (QED) is 0.874. The van der Waals surface area contributed by atoms with Gasteiger partial charge in [0.1, 0.15) is 17.2 Å². The minimum atomic E-state index is 0.383. The summed E-state index contributed by atoms with van der Waals surface area (Å²) in [6.45, 7) is 2.12. The molecule has 1 aromatic rings. The molecule has 1 aromatic heterocycles. The first-order valence-corrected chi connectivity index (χ1v) is 6.62. The van der Waals surface area contributed by atoms with Crippen molar-refractivity contribution in [2.45, 2.75) is 25.7 Å². The summed E-state index contributed by atoms with van der Waals surface area (Å²) in [5.41, 5.74) is 5.74. The highest BCUT2D eigenvalue weighted by molar-refractivity contribution is 6.35. The maximum atomic E-state index is 6.20. The molecule has 0 aromatic carbocycles. The maximum absolute atomic E-state index is 6.20. The van der Waals surface area contributed by atoms with Crippen LogP contribution in [0.2, 0.25) is 5.02 Å². The van der Waals surface area contributed by atoms with Gasteiger partial charge in [-0.15, -0.1) is 0 Å². The van der Waals surface area contributed by atoms with Crippen LogP contribution in [0.25, 0.3) is 0 Å². The molecule has 2 aliphatic carbocycles. The third-order valence-corrected chi connectivity index (χ3v) is 3.81. The number of hydrogen-bond donors (Lipinski definition) is 1. The summed E-state index contributed by atoms with van der Waals surface area (Å²) in [7, 11) is 0. The van der Waals surface area contributed by atoms with E-state index in [4.69, 9.17) is 17.3 Å². The Morgan fingerprint density at radius 1 is 1.18 bits per heavy atom. The minimum absolute atomic E-state index is 0.383. The number of nitrogens with two attached hydrogens (primary N) is 1. The van der Waals surface area contributed by atoms with E-state index in [9.17, 15) is 0 Å². The highest BCUT2D eigenvalue weighted by Gasteiger charge is 2.30. The summed E-state index contributed by atoms with van der Waals surface area (Å²) in [5.74, 6) is 2.84. The van der Waals surface area contributed by atoms with Crippen molar-refractivity contribution < 1.29 is 0 Å².